The highest BCUT2D eigenvalue weighted by Gasteiger charge is 2.56. The van der Waals surface area contributed by atoms with Gasteiger partial charge in [0.05, 0.1) is 5.56 Å². The molecule has 0 aliphatic carbocycles. The van der Waals surface area contributed by atoms with Crippen molar-refractivity contribution in [2.45, 2.75) is 72.1 Å². The normalized spacial score (nSPS) is 22.9. The third-order valence-electron chi connectivity index (χ3n) is 5.42. The summed E-state index contributed by atoms with van der Waals surface area (Å²) in [5.74, 6) is -7.63. The highest BCUT2D eigenvalue weighted by molar-refractivity contribution is 5.96. The molecule has 1 saturated heterocycles. The molecule has 2 heterocycles. The smallest absolute Gasteiger partial charge is 0.339 e. The van der Waals surface area contributed by atoms with E-state index in [0.29, 0.717) is 0 Å². The molecule has 2 aliphatic heterocycles. The molecule has 1 aromatic rings. The average Bonchev–Trinajstić information content (AvgIpc) is 2.80. The van der Waals surface area contributed by atoms with Gasteiger partial charge in [-0.1, -0.05) is 0 Å². The zero-order valence-corrected chi connectivity index (χ0v) is 22.3. The van der Waals surface area contributed by atoms with Crippen molar-refractivity contribution in [1.82, 2.24) is 0 Å². The van der Waals surface area contributed by atoms with Gasteiger partial charge in [0.2, 0.25) is 5.75 Å². The molecule has 0 spiro atoms. The molecule has 2 aliphatic rings. The molecule has 3 rings (SSSR count). The van der Waals surface area contributed by atoms with Gasteiger partial charge in [-0.2, -0.15) is 0 Å². The largest absolute Gasteiger partial charge is 0.463 e. The third-order valence-corrected chi connectivity index (χ3v) is 5.42. The van der Waals surface area contributed by atoms with Crippen LogP contribution >= 0.6 is 0 Å². The molecule has 0 saturated carbocycles. The van der Waals surface area contributed by atoms with E-state index in [-0.39, 0.29) is 11.1 Å². The molecule has 0 unspecified atom stereocenters. The number of ether oxygens (including phenoxy) is 8. The summed E-state index contributed by atoms with van der Waals surface area (Å²) >= 11 is 0. The van der Waals surface area contributed by atoms with Crippen LogP contribution in [0.15, 0.2) is 6.07 Å². The predicted octanol–water partition coefficient (Wildman–Crippen LogP) is 0.868. The van der Waals surface area contributed by atoms with E-state index in [4.69, 9.17) is 37.9 Å². The maximum absolute atomic E-state index is 13.2. The lowest BCUT2D eigenvalue weighted by molar-refractivity contribution is -0.251. The minimum atomic E-state index is -1.50. The molecule has 0 N–H and O–H groups in total. The summed E-state index contributed by atoms with van der Waals surface area (Å²) in [6.07, 6.45) is -7.13. The number of esters is 7. The Morgan fingerprint density at radius 3 is 1.80 bits per heavy atom. The highest BCUT2D eigenvalue weighted by Crippen LogP contribution is 2.52. The van der Waals surface area contributed by atoms with E-state index >= 15 is 0 Å². The number of hydrogen-bond donors (Lipinski definition) is 0. The van der Waals surface area contributed by atoms with E-state index in [0.717, 1.165) is 47.6 Å². The molecule has 1 fully saturated rings. The van der Waals surface area contributed by atoms with Gasteiger partial charge in [-0.3, -0.25) is 28.8 Å². The standard InChI is InChI=1S/C25H26O15/c1-9(26)33-8-17-20(36-12(4)29)23(38-14(6)31)24-22(39-17)18-15(25(32)40-24)7-16(34-10(2)27)19(35-11(3)28)21(18)37-13(5)30/h7,17,20,22-24H,8H2,1-6H3/t17-,20-,22+,23+,24+/m0/s1. The summed E-state index contributed by atoms with van der Waals surface area (Å²) in [5, 5.41) is 0. The summed E-state index contributed by atoms with van der Waals surface area (Å²) in [6.45, 7) is 5.84. The third kappa shape index (κ3) is 6.72. The van der Waals surface area contributed by atoms with Crippen LogP contribution in [0.1, 0.15) is 63.6 Å². The fraction of sp³-hybridized carbons (Fsp3) is 0.480. The van der Waals surface area contributed by atoms with Gasteiger partial charge in [-0.25, -0.2) is 4.79 Å². The Kier molecular flexibility index (Phi) is 9.09. The van der Waals surface area contributed by atoms with Crippen LogP contribution in [-0.2, 0) is 52.5 Å². The average molecular weight is 566 g/mol. The number of fused-ring (bicyclic) bond motifs is 3. The van der Waals surface area contributed by atoms with Crippen molar-refractivity contribution >= 4 is 41.8 Å². The first-order chi connectivity index (χ1) is 18.7. The summed E-state index contributed by atoms with van der Waals surface area (Å²) in [5.41, 5.74) is -0.516. The van der Waals surface area contributed by atoms with Gasteiger partial charge in [0, 0.05) is 47.1 Å². The second kappa shape index (κ2) is 12.1. The molecule has 1 aromatic carbocycles. The molecular formula is C25H26O15. The molecule has 0 amide bonds. The summed E-state index contributed by atoms with van der Waals surface area (Å²) in [6, 6.07) is 1.02. The molecule has 15 nitrogen and oxygen atoms in total. The molecule has 216 valence electrons. The van der Waals surface area contributed by atoms with Crippen molar-refractivity contribution in [2.24, 2.45) is 0 Å². The second-order valence-corrected chi connectivity index (χ2v) is 8.69. The first kappa shape index (κ1) is 30.0. The van der Waals surface area contributed by atoms with Crippen molar-refractivity contribution < 1.29 is 71.5 Å². The lowest BCUT2D eigenvalue weighted by Crippen LogP contribution is -2.60. The van der Waals surface area contributed by atoms with E-state index in [2.05, 4.69) is 0 Å². The van der Waals surface area contributed by atoms with E-state index in [9.17, 15) is 33.6 Å². The molecule has 15 heteroatoms. The van der Waals surface area contributed by atoms with E-state index < -0.39 is 96.2 Å². The Balaban J connectivity index is 2.30. The molecule has 5 atom stereocenters. The number of hydrogen-bond acceptors (Lipinski definition) is 15. The Labute approximate surface area is 226 Å². The lowest BCUT2D eigenvalue weighted by Gasteiger charge is -2.46. The van der Waals surface area contributed by atoms with Crippen molar-refractivity contribution in [3.8, 4) is 17.2 Å². The van der Waals surface area contributed by atoms with E-state index in [1.807, 2.05) is 0 Å². The first-order valence-electron chi connectivity index (χ1n) is 11.8. The zero-order valence-electron chi connectivity index (χ0n) is 22.3. The fourth-order valence-corrected chi connectivity index (χ4v) is 4.25. The van der Waals surface area contributed by atoms with Gasteiger partial charge in [0.15, 0.2) is 29.8 Å². The van der Waals surface area contributed by atoms with Gasteiger partial charge in [0.25, 0.3) is 0 Å². The van der Waals surface area contributed by atoms with Crippen molar-refractivity contribution in [3.63, 3.8) is 0 Å². The van der Waals surface area contributed by atoms with Crippen LogP contribution in [0.5, 0.6) is 17.2 Å². The van der Waals surface area contributed by atoms with Gasteiger partial charge in [-0.15, -0.1) is 0 Å². The number of carbonyl (C=O) groups excluding carboxylic acids is 7. The Hall–Kier alpha value is -4.53. The molecular weight excluding hydrogens is 540 g/mol. The van der Waals surface area contributed by atoms with Crippen LogP contribution in [0.4, 0.5) is 0 Å². The molecule has 40 heavy (non-hydrogen) atoms. The number of rotatable bonds is 7. The highest BCUT2D eigenvalue weighted by atomic mass is 16.7. The van der Waals surface area contributed by atoms with Crippen LogP contribution in [0.2, 0.25) is 0 Å². The van der Waals surface area contributed by atoms with Gasteiger partial charge >= 0.3 is 41.8 Å². The van der Waals surface area contributed by atoms with Crippen LogP contribution in [-0.4, -0.2) is 72.8 Å². The summed E-state index contributed by atoms with van der Waals surface area (Å²) < 4.78 is 43.0. The van der Waals surface area contributed by atoms with Crippen molar-refractivity contribution in [2.75, 3.05) is 6.61 Å². The Morgan fingerprint density at radius 2 is 1.27 bits per heavy atom. The van der Waals surface area contributed by atoms with Crippen LogP contribution in [0, 0.1) is 0 Å². The Bertz CT molecular complexity index is 1270. The summed E-state index contributed by atoms with van der Waals surface area (Å²) in [7, 11) is 0. The number of benzene rings is 1. The lowest BCUT2D eigenvalue weighted by atomic mass is 9.85. The minimum Gasteiger partial charge on any atom is -0.463 e. The molecule has 0 aromatic heterocycles. The quantitative estimate of drug-likeness (QED) is 0.256. The molecule has 0 bridgehead atoms. The van der Waals surface area contributed by atoms with Crippen LogP contribution in [0.25, 0.3) is 0 Å². The first-order valence-corrected chi connectivity index (χ1v) is 11.8. The van der Waals surface area contributed by atoms with Crippen LogP contribution in [0.3, 0.4) is 0 Å². The van der Waals surface area contributed by atoms with Gasteiger partial charge in [0.1, 0.15) is 18.8 Å². The maximum Gasteiger partial charge on any atom is 0.339 e. The monoisotopic (exact) mass is 566 g/mol. The fourth-order valence-electron chi connectivity index (χ4n) is 4.25. The zero-order chi connectivity index (χ0) is 29.9. The van der Waals surface area contributed by atoms with E-state index in [1.54, 1.807) is 0 Å². The summed E-state index contributed by atoms with van der Waals surface area (Å²) in [4.78, 5) is 84.6. The predicted molar refractivity (Wildman–Crippen MR) is 125 cm³/mol. The van der Waals surface area contributed by atoms with Crippen molar-refractivity contribution in [3.05, 3.63) is 17.2 Å². The van der Waals surface area contributed by atoms with Gasteiger partial charge < -0.3 is 37.9 Å². The van der Waals surface area contributed by atoms with Gasteiger partial charge in [-0.05, 0) is 6.07 Å². The Morgan fingerprint density at radius 1 is 0.725 bits per heavy atom. The van der Waals surface area contributed by atoms with E-state index in [1.165, 1.54) is 0 Å². The maximum atomic E-state index is 13.2. The topological polar surface area (TPSA) is 193 Å². The number of carbonyl (C=O) groups is 7. The second-order valence-electron chi connectivity index (χ2n) is 8.69. The minimum absolute atomic E-state index is 0.199. The van der Waals surface area contributed by atoms with Crippen molar-refractivity contribution in [1.29, 1.82) is 0 Å². The van der Waals surface area contributed by atoms with Crippen LogP contribution < -0.4 is 14.2 Å². The molecule has 0 radical (unpaired) electrons. The SMILES string of the molecule is CC(=O)OC[C@@H]1O[C@@H]2c3c(cc(OC(C)=O)c(OC(C)=O)c3OC(C)=O)C(=O)O[C@H]2[C@H](OC(C)=O)[C@H]1OC(C)=O.